The zero-order valence-electron chi connectivity index (χ0n) is 10.0. The van der Waals surface area contributed by atoms with Crippen LogP contribution in [0.5, 0.6) is 0 Å². The molecule has 90 valence electrons. The molecule has 1 heterocycles. The van der Waals surface area contributed by atoms with Gasteiger partial charge in [0.05, 0.1) is 0 Å². The van der Waals surface area contributed by atoms with Crippen LogP contribution in [0.15, 0.2) is 18.3 Å². The van der Waals surface area contributed by atoms with Crippen LogP contribution in [-0.2, 0) is 22.3 Å². The molecule has 0 aliphatic heterocycles. The van der Waals surface area contributed by atoms with E-state index in [1.165, 1.54) is 19.8 Å². The molecule has 4 nitrogen and oxygen atoms in total. The predicted octanol–water partition coefficient (Wildman–Crippen LogP) is 1.17. The lowest BCUT2D eigenvalue weighted by molar-refractivity contribution is -0.163. The second kappa shape index (κ2) is 6.58. The van der Waals surface area contributed by atoms with E-state index in [4.69, 9.17) is 9.47 Å². The predicted molar refractivity (Wildman–Crippen MR) is 61.1 cm³/mol. The molecule has 0 amide bonds. The number of aliphatic hydroxyl groups is 1. The summed E-state index contributed by atoms with van der Waals surface area (Å²) in [5.41, 5.74) is 2.03. The Morgan fingerprint density at radius 1 is 1.31 bits per heavy atom. The zero-order chi connectivity index (χ0) is 12.0. The quantitative estimate of drug-likeness (QED) is 0.738. The number of nitrogens with zero attached hydrogens (tertiary/aromatic N) is 1. The number of aryl methyl sites for hydroxylation is 1. The minimum absolute atomic E-state index is 0.427. The molecular weight excluding hydrogens is 206 g/mol. The smallest absolute Gasteiger partial charge is 0.183 e. The second-order valence-electron chi connectivity index (χ2n) is 3.62. The number of aromatic nitrogens is 1. The van der Waals surface area contributed by atoms with Crippen molar-refractivity contribution in [1.82, 2.24) is 4.98 Å². The first-order valence-corrected chi connectivity index (χ1v) is 5.38. The first-order valence-electron chi connectivity index (χ1n) is 5.38. The Bertz CT molecular complexity index is 296. The number of hydrogen-bond acceptors (Lipinski definition) is 4. The van der Waals surface area contributed by atoms with Gasteiger partial charge in [-0.2, -0.15) is 0 Å². The standard InChI is InChI=1S/C12H19NO3/c1-4-9-5-6-10(13-8-9)7-11(14)12(15-2)16-3/h5-6,8,11-12,14H,4,7H2,1-3H3. The van der Waals surface area contributed by atoms with Crippen LogP contribution in [-0.4, -0.2) is 36.7 Å². The largest absolute Gasteiger partial charge is 0.387 e. The maximum Gasteiger partial charge on any atom is 0.183 e. The van der Waals surface area contributed by atoms with Crippen molar-refractivity contribution in [2.24, 2.45) is 0 Å². The van der Waals surface area contributed by atoms with Gasteiger partial charge in [0.15, 0.2) is 6.29 Å². The Balaban J connectivity index is 2.58. The van der Waals surface area contributed by atoms with Crippen LogP contribution < -0.4 is 0 Å². The van der Waals surface area contributed by atoms with E-state index in [1.807, 2.05) is 18.3 Å². The van der Waals surface area contributed by atoms with Crippen LogP contribution in [0.4, 0.5) is 0 Å². The summed E-state index contributed by atoms with van der Waals surface area (Å²) in [5, 5.41) is 9.80. The lowest BCUT2D eigenvalue weighted by Gasteiger charge is -2.19. The highest BCUT2D eigenvalue weighted by Gasteiger charge is 2.18. The molecule has 1 aromatic heterocycles. The summed E-state index contributed by atoms with van der Waals surface area (Å²) < 4.78 is 9.96. The zero-order valence-corrected chi connectivity index (χ0v) is 10.0. The summed E-state index contributed by atoms with van der Waals surface area (Å²) in [4.78, 5) is 4.27. The number of methoxy groups -OCH3 is 2. The number of rotatable bonds is 6. The highest BCUT2D eigenvalue weighted by molar-refractivity contribution is 5.14. The molecule has 0 aliphatic carbocycles. The summed E-state index contributed by atoms with van der Waals surface area (Å²) in [6.45, 7) is 2.08. The molecule has 1 atom stereocenters. The normalized spacial score (nSPS) is 13.1. The van der Waals surface area contributed by atoms with Gasteiger partial charge in [-0.25, -0.2) is 0 Å². The molecule has 1 aromatic rings. The van der Waals surface area contributed by atoms with Crippen molar-refractivity contribution < 1.29 is 14.6 Å². The van der Waals surface area contributed by atoms with E-state index >= 15 is 0 Å². The molecule has 4 heteroatoms. The van der Waals surface area contributed by atoms with Crippen molar-refractivity contribution in [2.75, 3.05) is 14.2 Å². The summed E-state index contributed by atoms with van der Waals surface area (Å²) in [6.07, 6.45) is 1.92. The van der Waals surface area contributed by atoms with E-state index in [2.05, 4.69) is 11.9 Å². The highest BCUT2D eigenvalue weighted by atomic mass is 16.7. The Labute approximate surface area is 96.2 Å². The molecule has 0 saturated carbocycles. The van der Waals surface area contributed by atoms with E-state index in [1.54, 1.807) is 0 Å². The fourth-order valence-corrected chi connectivity index (χ4v) is 1.51. The average molecular weight is 225 g/mol. The van der Waals surface area contributed by atoms with Crippen LogP contribution in [0.1, 0.15) is 18.2 Å². The third-order valence-electron chi connectivity index (χ3n) is 2.49. The fourth-order valence-electron chi connectivity index (χ4n) is 1.51. The van der Waals surface area contributed by atoms with Crippen LogP contribution >= 0.6 is 0 Å². The van der Waals surface area contributed by atoms with Gasteiger partial charge in [0.2, 0.25) is 0 Å². The first kappa shape index (κ1) is 13.1. The van der Waals surface area contributed by atoms with Gasteiger partial charge in [-0.05, 0) is 18.1 Å². The fraction of sp³-hybridized carbons (Fsp3) is 0.583. The third kappa shape index (κ3) is 3.56. The minimum atomic E-state index is -0.699. The number of hydrogen-bond donors (Lipinski definition) is 1. The van der Waals surface area contributed by atoms with Gasteiger partial charge < -0.3 is 14.6 Å². The van der Waals surface area contributed by atoms with Gasteiger partial charge in [-0.15, -0.1) is 0 Å². The molecule has 1 unspecified atom stereocenters. The molecule has 0 aromatic carbocycles. The molecule has 1 rings (SSSR count). The van der Waals surface area contributed by atoms with Gasteiger partial charge in [-0.3, -0.25) is 4.98 Å². The van der Waals surface area contributed by atoms with Crippen LogP contribution in [0.3, 0.4) is 0 Å². The molecule has 0 radical (unpaired) electrons. The molecular formula is C12H19NO3. The topological polar surface area (TPSA) is 51.6 Å². The van der Waals surface area contributed by atoms with E-state index < -0.39 is 12.4 Å². The van der Waals surface area contributed by atoms with E-state index in [-0.39, 0.29) is 0 Å². The number of aliphatic hydroxyl groups excluding tert-OH is 1. The Morgan fingerprint density at radius 2 is 2.00 bits per heavy atom. The van der Waals surface area contributed by atoms with Crippen molar-refractivity contribution >= 4 is 0 Å². The van der Waals surface area contributed by atoms with Crippen molar-refractivity contribution in [3.8, 4) is 0 Å². The summed E-state index contributed by atoms with van der Waals surface area (Å²) in [6, 6.07) is 3.94. The third-order valence-corrected chi connectivity index (χ3v) is 2.49. The Hall–Kier alpha value is -0.970. The molecule has 0 spiro atoms. The highest BCUT2D eigenvalue weighted by Crippen LogP contribution is 2.08. The summed E-state index contributed by atoms with van der Waals surface area (Å²) in [7, 11) is 3.01. The molecule has 0 fully saturated rings. The maximum absolute atomic E-state index is 9.80. The lowest BCUT2D eigenvalue weighted by atomic mass is 10.1. The molecule has 0 saturated heterocycles. The number of pyridine rings is 1. The SMILES string of the molecule is CCc1ccc(CC(O)C(OC)OC)nc1. The molecule has 0 bridgehead atoms. The number of ether oxygens (including phenoxy) is 2. The van der Waals surface area contributed by atoms with Gasteiger partial charge in [0.25, 0.3) is 0 Å². The van der Waals surface area contributed by atoms with Crippen LogP contribution in [0, 0.1) is 0 Å². The van der Waals surface area contributed by atoms with Crippen molar-refractivity contribution in [2.45, 2.75) is 32.2 Å². The Morgan fingerprint density at radius 3 is 2.44 bits per heavy atom. The minimum Gasteiger partial charge on any atom is -0.387 e. The first-order chi connectivity index (χ1) is 7.71. The average Bonchev–Trinajstić information content (AvgIpc) is 2.31. The monoisotopic (exact) mass is 225 g/mol. The molecule has 0 aliphatic rings. The second-order valence-corrected chi connectivity index (χ2v) is 3.62. The van der Waals surface area contributed by atoms with Crippen LogP contribution in [0.2, 0.25) is 0 Å². The molecule has 1 N–H and O–H groups in total. The maximum atomic E-state index is 9.80. The summed E-state index contributed by atoms with van der Waals surface area (Å²) in [5.74, 6) is 0. The lowest BCUT2D eigenvalue weighted by Crippen LogP contribution is -2.31. The molecule has 16 heavy (non-hydrogen) atoms. The van der Waals surface area contributed by atoms with Gasteiger partial charge >= 0.3 is 0 Å². The van der Waals surface area contributed by atoms with Gasteiger partial charge in [-0.1, -0.05) is 13.0 Å². The van der Waals surface area contributed by atoms with Gasteiger partial charge in [0, 0.05) is 32.5 Å². The van der Waals surface area contributed by atoms with E-state index in [9.17, 15) is 5.11 Å². The van der Waals surface area contributed by atoms with E-state index in [0.29, 0.717) is 6.42 Å². The van der Waals surface area contributed by atoms with Crippen molar-refractivity contribution in [3.63, 3.8) is 0 Å². The van der Waals surface area contributed by atoms with Crippen LogP contribution in [0.25, 0.3) is 0 Å². The van der Waals surface area contributed by atoms with Gasteiger partial charge in [0.1, 0.15) is 6.10 Å². The van der Waals surface area contributed by atoms with E-state index in [0.717, 1.165) is 12.1 Å². The summed E-state index contributed by atoms with van der Waals surface area (Å²) >= 11 is 0. The van der Waals surface area contributed by atoms with Crippen molar-refractivity contribution in [3.05, 3.63) is 29.6 Å². The Kier molecular flexibility index (Phi) is 5.38. The van der Waals surface area contributed by atoms with Crippen molar-refractivity contribution in [1.29, 1.82) is 0 Å².